The maximum atomic E-state index is 8.83. The molecule has 0 atom stereocenters. The molecule has 0 unspecified atom stereocenters. The van der Waals surface area contributed by atoms with Gasteiger partial charge in [0, 0.05) is 14.7 Å². The van der Waals surface area contributed by atoms with E-state index in [1.807, 2.05) is 0 Å². The zero-order chi connectivity index (χ0) is 21.5. The third-order valence-corrected chi connectivity index (χ3v) is 10.1. The van der Waals surface area contributed by atoms with Crippen LogP contribution in [0.15, 0.2) is 0 Å². The first-order chi connectivity index (χ1) is 14.1. The molecule has 0 fully saturated rings. The molecule has 0 aliphatic rings. The molecule has 0 aromatic heterocycles. The molecule has 0 aliphatic heterocycles. The van der Waals surface area contributed by atoms with E-state index in [1.54, 1.807) is 6.04 Å². The van der Waals surface area contributed by atoms with Crippen LogP contribution in [0.5, 0.6) is 0 Å². The third kappa shape index (κ3) is 24.3. The van der Waals surface area contributed by atoms with Crippen molar-refractivity contribution in [3.05, 3.63) is 0 Å². The minimum absolute atomic E-state index is 0.375. The highest BCUT2D eigenvalue weighted by Crippen LogP contribution is 2.23. The van der Waals surface area contributed by atoms with Gasteiger partial charge in [-0.3, -0.25) is 0 Å². The first-order valence-corrected chi connectivity index (χ1v) is 17.1. The highest BCUT2D eigenvalue weighted by Gasteiger charge is 2.18. The van der Waals surface area contributed by atoms with Crippen LogP contribution < -0.4 is 0 Å². The average molecular weight is 427 g/mol. The van der Waals surface area contributed by atoms with Gasteiger partial charge in [0.1, 0.15) is 0 Å². The van der Waals surface area contributed by atoms with Crippen LogP contribution >= 0.6 is 0 Å². The summed E-state index contributed by atoms with van der Waals surface area (Å²) >= 11 is 0. The van der Waals surface area contributed by atoms with Gasteiger partial charge in [-0.25, -0.2) is 0 Å². The Bertz CT molecular complexity index is 303. The molecule has 0 bridgehead atoms. The van der Waals surface area contributed by atoms with E-state index >= 15 is 0 Å². The maximum absolute atomic E-state index is 8.83. The smallest absolute Gasteiger partial charge is 0.0473 e. The van der Waals surface area contributed by atoms with E-state index in [9.17, 15) is 0 Å². The van der Waals surface area contributed by atoms with Gasteiger partial charge in [0.25, 0.3) is 0 Å². The number of hydrogen-bond acceptors (Lipinski definition) is 1. The number of hydrogen-bond donors (Lipinski definition) is 1. The molecule has 0 amide bonds. The van der Waals surface area contributed by atoms with Crippen LogP contribution in [0.2, 0.25) is 25.2 Å². The van der Waals surface area contributed by atoms with Crippen LogP contribution in [0, 0.1) is 0 Å². The zero-order valence-corrected chi connectivity index (χ0v) is 21.9. The number of aliphatic hydroxyl groups excluding tert-OH is 1. The molecular weight excluding hydrogens is 368 g/mol. The zero-order valence-electron chi connectivity index (χ0n) is 20.9. The van der Waals surface area contributed by atoms with Crippen molar-refractivity contribution in [3.8, 4) is 0 Å². The minimum Gasteiger partial charge on any atom is -0.396 e. The molecule has 0 radical (unpaired) electrons. The van der Waals surface area contributed by atoms with Crippen molar-refractivity contribution in [1.29, 1.82) is 0 Å². The molecule has 0 spiro atoms. The Kier molecular flexibility index (Phi) is 23.0. The largest absolute Gasteiger partial charge is 0.396 e. The summed E-state index contributed by atoms with van der Waals surface area (Å²) in [6, 6.07) is 3.06. The number of aliphatic hydroxyl groups is 1. The lowest BCUT2D eigenvalue weighted by atomic mass is 10.0. The summed E-state index contributed by atoms with van der Waals surface area (Å²) in [5, 5.41) is 8.83. The van der Waals surface area contributed by atoms with E-state index < -0.39 is 8.07 Å². The van der Waals surface area contributed by atoms with Crippen molar-refractivity contribution in [2.75, 3.05) is 6.61 Å². The van der Waals surface area contributed by atoms with Gasteiger partial charge in [0.15, 0.2) is 0 Å². The van der Waals surface area contributed by atoms with E-state index in [1.165, 1.54) is 134 Å². The molecule has 2 heteroatoms. The van der Waals surface area contributed by atoms with E-state index in [-0.39, 0.29) is 0 Å². The van der Waals surface area contributed by atoms with E-state index in [0.717, 1.165) is 6.42 Å². The van der Waals surface area contributed by atoms with Gasteiger partial charge < -0.3 is 5.11 Å². The van der Waals surface area contributed by atoms with Crippen molar-refractivity contribution in [2.24, 2.45) is 0 Å². The topological polar surface area (TPSA) is 20.2 Å². The van der Waals surface area contributed by atoms with Gasteiger partial charge in [-0.05, 0) is 6.42 Å². The quantitative estimate of drug-likeness (QED) is 0.120. The molecular formula is C27H58OSi. The minimum atomic E-state index is -0.928. The molecule has 0 saturated carbocycles. The molecule has 0 aliphatic carbocycles. The van der Waals surface area contributed by atoms with Gasteiger partial charge in [-0.15, -0.1) is 0 Å². The average Bonchev–Trinajstić information content (AvgIpc) is 2.70. The first-order valence-electron chi connectivity index (χ1n) is 13.7. The summed E-state index contributed by atoms with van der Waals surface area (Å²) in [6.07, 6.45) is 29.9. The Balaban J connectivity index is 3.23. The van der Waals surface area contributed by atoms with Crippen molar-refractivity contribution >= 4 is 8.07 Å². The summed E-state index contributed by atoms with van der Waals surface area (Å²) in [5.41, 5.74) is 0. The monoisotopic (exact) mass is 426 g/mol. The van der Waals surface area contributed by atoms with Crippen molar-refractivity contribution in [2.45, 2.75) is 167 Å². The van der Waals surface area contributed by atoms with Crippen LogP contribution in [0.1, 0.15) is 142 Å². The van der Waals surface area contributed by atoms with Gasteiger partial charge >= 0.3 is 0 Å². The predicted octanol–water partition coefficient (Wildman–Crippen LogP) is 9.90. The summed E-state index contributed by atoms with van der Waals surface area (Å²) in [4.78, 5) is 0. The highest BCUT2D eigenvalue weighted by atomic mass is 28.3. The Morgan fingerprint density at radius 1 is 0.414 bits per heavy atom. The van der Waals surface area contributed by atoms with Crippen LogP contribution in [-0.2, 0) is 0 Å². The van der Waals surface area contributed by atoms with Gasteiger partial charge in [0.05, 0.1) is 0 Å². The fourth-order valence-corrected chi connectivity index (χ4v) is 7.19. The van der Waals surface area contributed by atoms with Gasteiger partial charge in [0.2, 0.25) is 0 Å². The second-order valence-corrected chi connectivity index (χ2v) is 15.8. The van der Waals surface area contributed by atoms with E-state index in [2.05, 4.69) is 20.0 Å². The van der Waals surface area contributed by atoms with Gasteiger partial charge in [-0.1, -0.05) is 161 Å². The lowest BCUT2D eigenvalue weighted by Crippen LogP contribution is -2.24. The molecule has 0 saturated heterocycles. The highest BCUT2D eigenvalue weighted by molar-refractivity contribution is 6.77. The fourth-order valence-electron chi connectivity index (χ4n) is 4.52. The van der Waals surface area contributed by atoms with Gasteiger partial charge in [-0.2, -0.15) is 0 Å². The van der Waals surface area contributed by atoms with E-state index in [4.69, 9.17) is 5.11 Å². The molecule has 0 aromatic rings. The number of rotatable bonds is 24. The molecule has 176 valence electrons. The summed E-state index contributed by atoms with van der Waals surface area (Å²) < 4.78 is 0. The van der Waals surface area contributed by atoms with Crippen molar-refractivity contribution < 1.29 is 5.11 Å². The summed E-state index contributed by atoms with van der Waals surface area (Å²) in [6.45, 7) is 7.88. The van der Waals surface area contributed by atoms with Crippen LogP contribution in [0.25, 0.3) is 0 Å². The molecule has 29 heavy (non-hydrogen) atoms. The lowest BCUT2D eigenvalue weighted by molar-refractivity contribution is 0.282. The first kappa shape index (κ1) is 29.2. The SMILES string of the molecule is CCCCCCCCCCCCCCCCCC[Si](C)(C)CCCCCCCO. The molecule has 0 heterocycles. The Labute approximate surface area is 186 Å². The van der Waals surface area contributed by atoms with Crippen LogP contribution in [-0.4, -0.2) is 19.8 Å². The van der Waals surface area contributed by atoms with E-state index in [0.29, 0.717) is 6.61 Å². The molecule has 0 aromatic carbocycles. The lowest BCUT2D eigenvalue weighted by Gasteiger charge is -2.22. The van der Waals surface area contributed by atoms with Crippen LogP contribution in [0.3, 0.4) is 0 Å². The standard InChI is InChI=1S/C27H58OSi/c1-4-5-6-7-8-9-10-11-12-13-14-15-16-17-20-23-26-29(2,3)27-24-21-18-19-22-25-28/h28H,4-27H2,1-3H3. The Hall–Kier alpha value is 0.177. The van der Waals surface area contributed by atoms with Crippen LogP contribution in [0.4, 0.5) is 0 Å². The maximum Gasteiger partial charge on any atom is 0.0473 e. The number of unbranched alkanes of at least 4 members (excludes halogenated alkanes) is 19. The Morgan fingerprint density at radius 2 is 0.690 bits per heavy atom. The summed E-state index contributed by atoms with van der Waals surface area (Å²) in [5.74, 6) is 0. The molecule has 1 nitrogen and oxygen atoms in total. The molecule has 0 rings (SSSR count). The normalized spacial score (nSPS) is 12.0. The second kappa shape index (κ2) is 22.9. The Morgan fingerprint density at radius 3 is 1.00 bits per heavy atom. The fraction of sp³-hybridized carbons (Fsp3) is 1.00. The predicted molar refractivity (Wildman–Crippen MR) is 137 cm³/mol. The third-order valence-electron chi connectivity index (χ3n) is 6.72. The molecule has 1 N–H and O–H groups in total. The second-order valence-electron chi connectivity index (χ2n) is 10.5. The van der Waals surface area contributed by atoms with Crippen molar-refractivity contribution in [1.82, 2.24) is 0 Å². The summed E-state index contributed by atoms with van der Waals surface area (Å²) in [7, 11) is -0.928. The van der Waals surface area contributed by atoms with Crippen molar-refractivity contribution in [3.63, 3.8) is 0 Å².